The Hall–Kier alpha value is -1.75. The third kappa shape index (κ3) is 4.63. The van der Waals surface area contributed by atoms with Gasteiger partial charge in [0.25, 0.3) is 5.91 Å². The van der Waals surface area contributed by atoms with Gasteiger partial charge in [-0.2, -0.15) is 0 Å². The zero-order chi connectivity index (χ0) is 15.9. The van der Waals surface area contributed by atoms with E-state index < -0.39 is 0 Å². The summed E-state index contributed by atoms with van der Waals surface area (Å²) >= 11 is 0. The van der Waals surface area contributed by atoms with Crippen LogP contribution in [0.25, 0.3) is 0 Å². The molecular formula is C17H26N2O3. The van der Waals surface area contributed by atoms with E-state index in [0.717, 1.165) is 13.0 Å². The van der Waals surface area contributed by atoms with Crippen molar-refractivity contribution in [1.29, 1.82) is 0 Å². The van der Waals surface area contributed by atoms with Crippen LogP contribution in [-0.2, 0) is 0 Å². The molecule has 1 heterocycles. The van der Waals surface area contributed by atoms with Crippen LogP contribution in [0.1, 0.15) is 37.0 Å². The summed E-state index contributed by atoms with van der Waals surface area (Å²) in [6.07, 6.45) is 2.29. The molecule has 1 aliphatic heterocycles. The molecule has 1 fully saturated rings. The van der Waals surface area contributed by atoms with Crippen LogP contribution in [0.4, 0.5) is 0 Å². The Kier molecular flexibility index (Phi) is 6.07. The molecule has 0 radical (unpaired) electrons. The van der Waals surface area contributed by atoms with Crippen molar-refractivity contribution in [3.8, 4) is 11.5 Å². The van der Waals surface area contributed by atoms with Crippen LogP contribution >= 0.6 is 0 Å². The molecule has 1 aliphatic rings. The van der Waals surface area contributed by atoms with Gasteiger partial charge in [-0.25, -0.2) is 0 Å². The van der Waals surface area contributed by atoms with E-state index in [1.165, 1.54) is 6.42 Å². The third-order valence-corrected chi connectivity index (χ3v) is 3.67. The van der Waals surface area contributed by atoms with Gasteiger partial charge in [0.15, 0.2) is 11.5 Å². The molecule has 1 amide bonds. The quantitative estimate of drug-likeness (QED) is 0.811. The average Bonchev–Trinajstić information content (AvgIpc) is 3.03. The van der Waals surface area contributed by atoms with E-state index in [9.17, 15) is 4.79 Å². The molecule has 0 saturated carbocycles. The van der Waals surface area contributed by atoms with Gasteiger partial charge in [-0.05, 0) is 43.5 Å². The van der Waals surface area contributed by atoms with E-state index in [1.54, 1.807) is 25.3 Å². The maximum absolute atomic E-state index is 12.2. The number of carbonyl (C=O) groups excluding carboxylic acids is 1. The number of carbonyl (C=O) groups is 1. The molecule has 0 spiro atoms. The minimum Gasteiger partial charge on any atom is -0.493 e. The van der Waals surface area contributed by atoms with Gasteiger partial charge in [0, 0.05) is 18.2 Å². The Balaban J connectivity index is 1.96. The van der Waals surface area contributed by atoms with Crippen LogP contribution in [0.5, 0.6) is 11.5 Å². The first-order valence-corrected chi connectivity index (χ1v) is 7.92. The first-order chi connectivity index (χ1) is 10.6. The van der Waals surface area contributed by atoms with Crippen molar-refractivity contribution in [3.05, 3.63) is 23.8 Å². The number of ether oxygens (including phenoxy) is 2. The van der Waals surface area contributed by atoms with Crippen molar-refractivity contribution in [3.63, 3.8) is 0 Å². The van der Waals surface area contributed by atoms with Crippen LogP contribution in [0, 0.1) is 5.92 Å². The highest BCUT2D eigenvalue weighted by molar-refractivity contribution is 5.94. The predicted octanol–water partition coefficient (Wildman–Crippen LogP) is 2.21. The second-order valence-corrected chi connectivity index (χ2v) is 6.07. The van der Waals surface area contributed by atoms with Gasteiger partial charge >= 0.3 is 0 Å². The zero-order valence-electron chi connectivity index (χ0n) is 13.6. The van der Waals surface area contributed by atoms with Crippen LogP contribution in [0.15, 0.2) is 18.2 Å². The van der Waals surface area contributed by atoms with Crippen LogP contribution < -0.4 is 20.1 Å². The summed E-state index contributed by atoms with van der Waals surface area (Å²) in [4.78, 5) is 12.2. The molecular weight excluding hydrogens is 280 g/mol. The molecule has 2 N–H and O–H groups in total. The summed E-state index contributed by atoms with van der Waals surface area (Å²) < 4.78 is 11.0. The van der Waals surface area contributed by atoms with E-state index in [2.05, 4.69) is 24.5 Å². The van der Waals surface area contributed by atoms with Gasteiger partial charge in [-0.15, -0.1) is 0 Å². The second-order valence-electron chi connectivity index (χ2n) is 6.07. The van der Waals surface area contributed by atoms with E-state index in [1.807, 2.05) is 0 Å². The van der Waals surface area contributed by atoms with Crippen molar-refractivity contribution in [2.75, 3.05) is 26.8 Å². The Morgan fingerprint density at radius 3 is 2.86 bits per heavy atom. The third-order valence-electron chi connectivity index (χ3n) is 3.67. The van der Waals surface area contributed by atoms with Gasteiger partial charge in [0.2, 0.25) is 0 Å². The molecule has 0 aliphatic carbocycles. The second kappa shape index (κ2) is 8.03. The van der Waals surface area contributed by atoms with Crippen molar-refractivity contribution < 1.29 is 14.3 Å². The highest BCUT2D eigenvalue weighted by atomic mass is 16.5. The summed E-state index contributed by atoms with van der Waals surface area (Å²) in [6.45, 7) is 6.49. The largest absolute Gasteiger partial charge is 0.493 e. The number of methoxy groups -OCH3 is 1. The number of benzene rings is 1. The molecule has 2 rings (SSSR count). The molecule has 1 saturated heterocycles. The van der Waals surface area contributed by atoms with Gasteiger partial charge in [0.05, 0.1) is 13.7 Å². The molecule has 122 valence electrons. The van der Waals surface area contributed by atoms with Gasteiger partial charge in [0.1, 0.15) is 0 Å². The minimum atomic E-state index is -0.0811. The lowest BCUT2D eigenvalue weighted by Crippen LogP contribution is -2.37. The smallest absolute Gasteiger partial charge is 0.251 e. The fourth-order valence-electron chi connectivity index (χ4n) is 2.43. The first kappa shape index (κ1) is 16.6. The highest BCUT2D eigenvalue weighted by Crippen LogP contribution is 2.28. The number of rotatable bonds is 7. The van der Waals surface area contributed by atoms with Gasteiger partial charge in [-0.3, -0.25) is 4.79 Å². The molecule has 5 nitrogen and oxygen atoms in total. The van der Waals surface area contributed by atoms with Crippen molar-refractivity contribution in [2.45, 2.75) is 32.7 Å². The van der Waals surface area contributed by atoms with Gasteiger partial charge in [-0.1, -0.05) is 13.8 Å². The number of nitrogens with one attached hydrogen (secondary N) is 2. The summed E-state index contributed by atoms with van der Waals surface area (Å²) in [6, 6.07) is 5.69. The van der Waals surface area contributed by atoms with Gasteiger partial charge < -0.3 is 20.1 Å². The normalized spacial score (nSPS) is 17.5. The Morgan fingerprint density at radius 2 is 2.23 bits per heavy atom. The SMILES string of the molecule is COc1cc(C(=O)NCC2CCCN2)ccc1OCC(C)C. The summed E-state index contributed by atoms with van der Waals surface area (Å²) in [7, 11) is 1.59. The average molecular weight is 306 g/mol. The Bertz CT molecular complexity index is 497. The summed E-state index contributed by atoms with van der Waals surface area (Å²) in [5.74, 6) is 1.62. The zero-order valence-corrected chi connectivity index (χ0v) is 13.6. The topological polar surface area (TPSA) is 59.6 Å². The number of hydrogen-bond acceptors (Lipinski definition) is 4. The van der Waals surface area contributed by atoms with Crippen LogP contribution in [0.2, 0.25) is 0 Å². The van der Waals surface area contributed by atoms with E-state index in [4.69, 9.17) is 9.47 Å². The van der Waals surface area contributed by atoms with E-state index in [-0.39, 0.29) is 5.91 Å². The molecule has 1 aromatic carbocycles. The summed E-state index contributed by atoms with van der Waals surface area (Å²) in [5, 5.41) is 6.33. The first-order valence-electron chi connectivity index (χ1n) is 7.92. The molecule has 0 bridgehead atoms. The maximum atomic E-state index is 12.2. The molecule has 22 heavy (non-hydrogen) atoms. The minimum absolute atomic E-state index is 0.0811. The molecule has 1 atom stereocenters. The molecule has 1 unspecified atom stereocenters. The Morgan fingerprint density at radius 1 is 1.41 bits per heavy atom. The number of amides is 1. The summed E-state index contributed by atoms with van der Waals surface area (Å²) in [5.41, 5.74) is 0.590. The standard InChI is InChI=1S/C17H26N2O3/c1-12(2)11-22-15-7-6-13(9-16(15)21-3)17(20)19-10-14-5-4-8-18-14/h6-7,9,12,14,18H,4-5,8,10-11H2,1-3H3,(H,19,20). The van der Waals surface area contributed by atoms with Crippen molar-refractivity contribution in [2.24, 2.45) is 5.92 Å². The maximum Gasteiger partial charge on any atom is 0.251 e. The fraction of sp³-hybridized carbons (Fsp3) is 0.588. The fourth-order valence-corrected chi connectivity index (χ4v) is 2.43. The molecule has 5 heteroatoms. The number of hydrogen-bond donors (Lipinski definition) is 2. The lowest BCUT2D eigenvalue weighted by molar-refractivity contribution is 0.0950. The van der Waals surface area contributed by atoms with Crippen LogP contribution in [0.3, 0.4) is 0 Å². The van der Waals surface area contributed by atoms with Crippen molar-refractivity contribution >= 4 is 5.91 Å². The van der Waals surface area contributed by atoms with E-state index >= 15 is 0 Å². The lowest BCUT2D eigenvalue weighted by atomic mass is 10.1. The monoisotopic (exact) mass is 306 g/mol. The highest BCUT2D eigenvalue weighted by Gasteiger charge is 2.16. The Labute approximate surface area is 132 Å². The lowest BCUT2D eigenvalue weighted by Gasteiger charge is -2.14. The molecule has 0 aromatic heterocycles. The molecule has 1 aromatic rings. The van der Waals surface area contributed by atoms with Crippen LogP contribution in [-0.4, -0.2) is 38.8 Å². The predicted molar refractivity (Wildman–Crippen MR) is 86.7 cm³/mol. The van der Waals surface area contributed by atoms with E-state index in [0.29, 0.717) is 42.2 Å². The van der Waals surface area contributed by atoms with Crippen molar-refractivity contribution in [1.82, 2.24) is 10.6 Å².